The zero-order valence-corrected chi connectivity index (χ0v) is 16.1. The maximum Gasteiger partial charge on any atom is 0.324 e. The number of urea groups is 1. The first-order valence-corrected chi connectivity index (χ1v) is 9.53. The van der Waals surface area contributed by atoms with Gasteiger partial charge in [0.05, 0.1) is 19.0 Å². The van der Waals surface area contributed by atoms with Crippen LogP contribution in [0.4, 0.5) is 4.79 Å². The molecular formula is C22H25N3O3. The van der Waals surface area contributed by atoms with E-state index < -0.39 is 6.03 Å². The molecule has 1 fully saturated rings. The minimum Gasteiger partial charge on any atom is -0.350 e. The summed E-state index contributed by atoms with van der Waals surface area (Å²) in [5.74, 6) is -0.387. The smallest absolute Gasteiger partial charge is 0.324 e. The molecule has 2 atom stereocenters. The van der Waals surface area contributed by atoms with Crippen LogP contribution in [-0.4, -0.2) is 28.8 Å². The standard InChI is InChI=1S/C22H25N3O3/c1-3-15(2)23-21(27)18-11-7-8-16(12-18)14-25-20(26)13-19(24-22(25)28)17-9-5-4-6-10-17/h4-12,15,19H,3,13-14H2,1-2H3,(H,23,27)(H,24,28). The van der Waals surface area contributed by atoms with E-state index in [9.17, 15) is 14.4 Å². The minimum atomic E-state index is -0.417. The first-order valence-electron chi connectivity index (χ1n) is 9.53. The number of nitrogens with zero attached hydrogens (tertiary/aromatic N) is 1. The fourth-order valence-corrected chi connectivity index (χ4v) is 3.13. The number of hydrogen-bond acceptors (Lipinski definition) is 3. The first-order chi connectivity index (χ1) is 13.5. The van der Waals surface area contributed by atoms with E-state index >= 15 is 0 Å². The van der Waals surface area contributed by atoms with Crippen LogP contribution in [0.15, 0.2) is 54.6 Å². The third kappa shape index (κ3) is 4.57. The zero-order valence-electron chi connectivity index (χ0n) is 16.1. The lowest BCUT2D eigenvalue weighted by Crippen LogP contribution is -2.50. The Kier molecular flexibility index (Phi) is 6.09. The second-order valence-electron chi connectivity index (χ2n) is 7.08. The summed E-state index contributed by atoms with van der Waals surface area (Å²) in [4.78, 5) is 38.6. The quantitative estimate of drug-likeness (QED) is 0.807. The molecule has 2 unspecified atom stereocenters. The Labute approximate surface area is 164 Å². The molecule has 2 aromatic carbocycles. The molecule has 28 heavy (non-hydrogen) atoms. The number of carbonyl (C=O) groups is 3. The van der Waals surface area contributed by atoms with Crippen molar-refractivity contribution >= 4 is 17.8 Å². The SMILES string of the molecule is CCC(C)NC(=O)c1cccc(CN2C(=O)CC(c3ccccc3)NC2=O)c1. The average molecular weight is 379 g/mol. The molecule has 2 N–H and O–H groups in total. The topological polar surface area (TPSA) is 78.5 Å². The molecule has 1 saturated heterocycles. The molecule has 0 spiro atoms. The molecule has 6 nitrogen and oxygen atoms in total. The second-order valence-corrected chi connectivity index (χ2v) is 7.08. The van der Waals surface area contributed by atoms with Crippen molar-refractivity contribution in [3.63, 3.8) is 0 Å². The van der Waals surface area contributed by atoms with Crippen molar-refractivity contribution < 1.29 is 14.4 Å². The fourth-order valence-electron chi connectivity index (χ4n) is 3.13. The van der Waals surface area contributed by atoms with Crippen LogP contribution in [0.2, 0.25) is 0 Å². The van der Waals surface area contributed by atoms with Gasteiger partial charge in [0.1, 0.15) is 0 Å². The monoisotopic (exact) mass is 379 g/mol. The van der Waals surface area contributed by atoms with Gasteiger partial charge in [0.25, 0.3) is 5.91 Å². The van der Waals surface area contributed by atoms with Crippen molar-refractivity contribution in [3.05, 3.63) is 71.3 Å². The van der Waals surface area contributed by atoms with Gasteiger partial charge in [-0.1, -0.05) is 49.4 Å². The predicted molar refractivity (Wildman–Crippen MR) is 107 cm³/mol. The van der Waals surface area contributed by atoms with E-state index in [0.717, 1.165) is 17.5 Å². The molecule has 0 radical (unpaired) electrons. The minimum absolute atomic E-state index is 0.0838. The summed E-state index contributed by atoms with van der Waals surface area (Å²) in [6.45, 7) is 4.09. The highest BCUT2D eigenvalue weighted by Crippen LogP contribution is 2.23. The van der Waals surface area contributed by atoms with E-state index in [1.54, 1.807) is 18.2 Å². The number of amides is 4. The van der Waals surface area contributed by atoms with Crippen molar-refractivity contribution in [2.45, 2.75) is 45.3 Å². The molecule has 146 valence electrons. The summed E-state index contributed by atoms with van der Waals surface area (Å²) >= 11 is 0. The maximum atomic E-state index is 12.6. The van der Waals surface area contributed by atoms with Crippen LogP contribution in [0.1, 0.15) is 54.2 Å². The average Bonchev–Trinajstić information content (AvgIpc) is 2.71. The van der Waals surface area contributed by atoms with Crippen LogP contribution in [0, 0.1) is 0 Å². The van der Waals surface area contributed by atoms with Crippen molar-refractivity contribution in [3.8, 4) is 0 Å². The number of carbonyl (C=O) groups excluding carboxylic acids is 3. The number of nitrogens with one attached hydrogen (secondary N) is 2. The number of benzene rings is 2. The largest absolute Gasteiger partial charge is 0.350 e. The van der Waals surface area contributed by atoms with Gasteiger partial charge in [-0.2, -0.15) is 0 Å². The zero-order chi connectivity index (χ0) is 20.1. The molecule has 0 aliphatic carbocycles. The molecule has 1 heterocycles. The summed E-state index contributed by atoms with van der Waals surface area (Å²) in [6.07, 6.45) is 1.06. The van der Waals surface area contributed by atoms with Crippen LogP contribution in [-0.2, 0) is 11.3 Å². The van der Waals surface area contributed by atoms with Gasteiger partial charge in [-0.3, -0.25) is 14.5 Å². The Morgan fingerprint density at radius 1 is 1.18 bits per heavy atom. The lowest BCUT2D eigenvalue weighted by molar-refractivity contribution is -0.130. The Morgan fingerprint density at radius 3 is 2.61 bits per heavy atom. The third-order valence-electron chi connectivity index (χ3n) is 4.94. The molecule has 1 aliphatic heterocycles. The van der Waals surface area contributed by atoms with Gasteiger partial charge in [0.15, 0.2) is 0 Å². The highest BCUT2D eigenvalue weighted by Gasteiger charge is 2.32. The highest BCUT2D eigenvalue weighted by molar-refractivity contribution is 5.97. The molecule has 0 aromatic heterocycles. The molecule has 4 amide bonds. The predicted octanol–water partition coefficient (Wildman–Crippen LogP) is 3.40. The van der Waals surface area contributed by atoms with Crippen LogP contribution >= 0.6 is 0 Å². The molecule has 0 saturated carbocycles. The lowest BCUT2D eigenvalue weighted by atomic mass is 10.0. The molecule has 1 aliphatic rings. The molecule has 0 bridgehead atoms. The Balaban J connectivity index is 1.69. The summed E-state index contributed by atoms with van der Waals surface area (Å²) in [6, 6.07) is 15.8. The molecule has 6 heteroatoms. The van der Waals surface area contributed by atoms with Crippen LogP contribution in [0.5, 0.6) is 0 Å². The van der Waals surface area contributed by atoms with Crippen molar-refractivity contribution in [2.75, 3.05) is 0 Å². The van der Waals surface area contributed by atoms with Crippen LogP contribution in [0.25, 0.3) is 0 Å². The normalized spacial score (nSPS) is 17.8. The lowest BCUT2D eigenvalue weighted by Gasteiger charge is -2.31. The van der Waals surface area contributed by atoms with E-state index in [4.69, 9.17) is 0 Å². The summed E-state index contributed by atoms with van der Waals surface area (Å²) in [7, 11) is 0. The molecular weight excluding hydrogens is 354 g/mol. The van der Waals surface area contributed by atoms with E-state index in [1.165, 1.54) is 4.90 Å². The van der Waals surface area contributed by atoms with Gasteiger partial charge < -0.3 is 10.6 Å². The Bertz CT molecular complexity index is 848. The summed E-state index contributed by atoms with van der Waals surface area (Å²) < 4.78 is 0. The van der Waals surface area contributed by atoms with E-state index in [0.29, 0.717) is 5.56 Å². The Hall–Kier alpha value is -3.15. The maximum absolute atomic E-state index is 12.6. The van der Waals surface area contributed by atoms with E-state index in [2.05, 4.69) is 10.6 Å². The number of rotatable bonds is 6. The van der Waals surface area contributed by atoms with Gasteiger partial charge in [0, 0.05) is 11.6 Å². The third-order valence-corrected chi connectivity index (χ3v) is 4.94. The van der Waals surface area contributed by atoms with Gasteiger partial charge in [-0.05, 0) is 36.6 Å². The van der Waals surface area contributed by atoms with Crippen molar-refractivity contribution in [1.29, 1.82) is 0 Å². The van der Waals surface area contributed by atoms with Crippen LogP contribution in [0.3, 0.4) is 0 Å². The fraction of sp³-hybridized carbons (Fsp3) is 0.318. The van der Waals surface area contributed by atoms with Gasteiger partial charge in [0.2, 0.25) is 5.91 Å². The number of imide groups is 1. The van der Waals surface area contributed by atoms with Gasteiger partial charge in [-0.15, -0.1) is 0 Å². The highest BCUT2D eigenvalue weighted by atomic mass is 16.2. The van der Waals surface area contributed by atoms with Gasteiger partial charge >= 0.3 is 6.03 Å². The van der Waals surface area contributed by atoms with Crippen LogP contribution < -0.4 is 10.6 Å². The molecule has 3 rings (SSSR count). The Morgan fingerprint density at radius 2 is 1.93 bits per heavy atom. The van der Waals surface area contributed by atoms with Crippen molar-refractivity contribution in [2.24, 2.45) is 0 Å². The van der Waals surface area contributed by atoms with Crippen molar-refractivity contribution in [1.82, 2.24) is 15.5 Å². The van der Waals surface area contributed by atoms with E-state index in [-0.39, 0.29) is 36.9 Å². The molecule has 2 aromatic rings. The summed E-state index contributed by atoms with van der Waals surface area (Å²) in [5.41, 5.74) is 2.16. The number of hydrogen-bond donors (Lipinski definition) is 2. The second kappa shape index (κ2) is 8.69. The summed E-state index contributed by atoms with van der Waals surface area (Å²) in [5, 5.41) is 5.81. The van der Waals surface area contributed by atoms with Gasteiger partial charge in [-0.25, -0.2) is 4.79 Å². The van der Waals surface area contributed by atoms with E-state index in [1.807, 2.05) is 50.2 Å². The first kappa shape index (κ1) is 19.6.